The van der Waals surface area contributed by atoms with Crippen LogP contribution in [0.15, 0.2) is 18.2 Å². The van der Waals surface area contributed by atoms with Crippen molar-refractivity contribution in [3.8, 4) is 5.75 Å². The van der Waals surface area contributed by atoms with Gasteiger partial charge in [0.15, 0.2) is 0 Å². The molecule has 1 atom stereocenters. The fourth-order valence-electron chi connectivity index (χ4n) is 3.12. The van der Waals surface area contributed by atoms with Crippen molar-refractivity contribution in [1.82, 2.24) is 10.6 Å². The van der Waals surface area contributed by atoms with Gasteiger partial charge in [0.25, 0.3) is 0 Å². The number of methoxy groups -OCH3 is 2. The Labute approximate surface area is 150 Å². The van der Waals surface area contributed by atoms with E-state index in [-0.39, 0.29) is 18.3 Å². The number of benzene rings is 1. The number of amides is 1. The molecule has 24 heavy (non-hydrogen) atoms. The van der Waals surface area contributed by atoms with E-state index >= 15 is 0 Å². The van der Waals surface area contributed by atoms with Crippen molar-refractivity contribution in [1.29, 1.82) is 0 Å². The summed E-state index contributed by atoms with van der Waals surface area (Å²) in [6.45, 7) is 2.93. The van der Waals surface area contributed by atoms with Crippen molar-refractivity contribution in [2.24, 2.45) is 0 Å². The molecular weight excluding hydrogens is 328 g/mol. The van der Waals surface area contributed by atoms with Crippen LogP contribution in [-0.2, 0) is 16.0 Å². The monoisotopic (exact) mass is 356 g/mol. The zero-order valence-electron chi connectivity index (χ0n) is 14.6. The molecule has 1 amide bonds. The number of hydrogen-bond acceptors (Lipinski definition) is 4. The molecule has 0 heterocycles. The summed E-state index contributed by atoms with van der Waals surface area (Å²) in [7, 11) is 3.37. The molecule has 1 aromatic rings. The quantitative estimate of drug-likeness (QED) is 0.666. The van der Waals surface area contributed by atoms with Gasteiger partial charge >= 0.3 is 0 Å². The first-order valence-electron chi connectivity index (χ1n) is 8.37. The Balaban J connectivity index is 0.00000288. The highest BCUT2D eigenvalue weighted by molar-refractivity contribution is 5.85. The number of aryl methyl sites for hydroxylation is 1. The second-order valence-corrected chi connectivity index (χ2v) is 5.95. The van der Waals surface area contributed by atoms with Crippen molar-refractivity contribution < 1.29 is 14.3 Å². The van der Waals surface area contributed by atoms with Crippen molar-refractivity contribution in [3.05, 3.63) is 29.3 Å². The maximum Gasteiger partial charge on any atom is 0.220 e. The summed E-state index contributed by atoms with van der Waals surface area (Å²) in [5.41, 5.74) is 2.64. The second-order valence-electron chi connectivity index (χ2n) is 5.95. The number of hydrogen-bond donors (Lipinski definition) is 2. The van der Waals surface area contributed by atoms with Crippen molar-refractivity contribution in [2.75, 3.05) is 40.5 Å². The van der Waals surface area contributed by atoms with Gasteiger partial charge in [-0.15, -0.1) is 12.4 Å². The molecule has 0 saturated carbocycles. The molecule has 2 rings (SSSR count). The topological polar surface area (TPSA) is 59.6 Å². The van der Waals surface area contributed by atoms with Gasteiger partial charge in [0.05, 0.1) is 13.7 Å². The Morgan fingerprint density at radius 1 is 1.25 bits per heavy atom. The minimum atomic E-state index is 0. The molecule has 1 unspecified atom stereocenters. The second kappa shape index (κ2) is 11.3. The lowest BCUT2D eigenvalue weighted by atomic mass is 9.81. The lowest BCUT2D eigenvalue weighted by Crippen LogP contribution is -2.33. The fourth-order valence-corrected chi connectivity index (χ4v) is 3.12. The van der Waals surface area contributed by atoms with E-state index < -0.39 is 0 Å². The van der Waals surface area contributed by atoms with Gasteiger partial charge in [-0.25, -0.2) is 0 Å². The fraction of sp³-hybridized carbons (Fsp3) is 0.611. The van der Waals surface area contributed by atoms with Crippen LogP contribution in [0, 0.1) is 0 Å². The Morgan fingerprint density at radius 3 is 2.83 bits per heavy atom. The Morgan fingerprint density at radius 2 is 2.08 bits per heavy atom. The minimum absolute atomic E-state index is 0. The summed E-state index contributed by atoms with van der Waals surface area (Å²) >= 11 is 0. The zero-order chi connectivity index (χ0) is 16.5. The van der Waals surface area contributed by atoms with Crippen LogP contribution in [0.1, 0.15) is 36.3 Å². The zero-order valence-corrected chi connectivity index (χ0v) is 15.4. The van der Waals surface area contributed by atoms with Gasteiger partial charge in [0.1, 0.15) is 5.75 Å². The van der Waals surface area contributed by atoms with E-state index in [0.717, 1.165) is 38.1 Å². The van der Waals surface area contributed by atoms with E-state index in [2.05, 4.69) is 22.8 Å². The summed E-state index contributed by atoms with van der Waals surface area (Å²) in [5.74, 6) is 1.36. The van der Waals surface area contributed by atoms with E-state index in [1.54, 1.807) is 14.2 Å². The number of carbonyl (C=O) groups is 1. The van der Waals surface area contributed by atoms with Crippen molar-refractivity contribution in [3.63, 3.8) is 0 Å². The van der Waals surface area contributed by atoms with Crippen LogP contribution in [0.2, 0.25) is 0 Å². The third-order valence-electron chi connectivity index (χ3n) is 4.33. The molecule has 1 aliphatic rings. The predicted molar refractivity (Wildman–Crippen MR) is 98.3 cm³/mol. The minimum Gasteiger partial charge on any atom is -0.497 e. The number of halogens is 1. The van der Waals surface area contributed by atoms with E-state index in [0.29, 0.717) is 25.5 Å². The maximum atomic E-state index is 12.1. The molecule has 0 radical (unpaired) electrons. The summed E-state index contributed by atoms with van der Waals surface area (Å²) in [5, 5.41) is 6.21. The van der Waals surface area contributed by atoms with Crippen LogP contribution >= 0.6 is 12.4 Å². The lowest BCUT2D eigenvalue weighted by molar-refractivity contribution is -0.121. The molecule has 2 N–H and O–H groups in total. The third kappa shape index (κ3) is 6.30. The molecule has 0 saturated heterocycles. The number of fused-ring (bicyclic) bond motifs is 1. The lowest BCUT2D eigenvalue weighted by Gasteiger charge is -2.25. The highest BCUT2D eigenvalue weighted by Gasteiger charge is 2.22. The average molecular weight is 357 g/mol. The normalized spacial score (nSPS) is 16.0. The van der Waals surface area contributed by atoms with E-state index in [1.807, 2.05) is 6.07 Å². The molecule has 0 bridgehead atoms. The van der Waals surface area contributed by atoms with Gasteiger partial charge in [0, 0.05) is 33.2 Å². The van der Waals surface area contributed by atoms with Gasteiger partial charge in [-0.1, -0.05) is 6.07 Å². The standard InChI is InChI=1S/C18H28N2O3.ClH/c1-22-11-10-19-8-9-20-18(21)13-15-5-3-4-14-12-16(23-2)6-7-17(14)15;/h6-7,12,15,19H,3-5,8-11,13H2,1-2H3,(H,20,21);1H. The van der Waals surface area contributed by atoms with Crippen molar-refractivity contribution in [2.45, 2.75) is 31.6 Å². The smallest absolute Gasteiger partial charge is 0.220 e. The number of carbonyl (C=O) groups excluding carboxylic acids is 1. The molecule has 0 fully saturated rings. The number of ether oxygens (including phenoxy) is 2. The van der Waals surface area contributed by atoms with Crippen LogP contribution in [0.5, 0.6) is 5.75 Å². The Kier molecular flexibility index (Phi) is 9.76. The summed E-state index contributed by atoms with van der Waals surface area (Å²) in [4.78, 5) is 12.1. The largest absolute Gasteiger partial charge is 0.497 e. The molecule has 1 aromatic carbocycles. The molecule has 0 aromatic heterocycles. The molecule has 136 valence electrons. The van der Waals surface area contributed by atoms with Crippen LogP contribution in [0.3, 0.4) is 0 Å². The predicted octanol–water partition coefficient (Wildman–Crippen LogP) is 2.28. The molecule has 5 nitrogen and oxygen atoms in total. The first-order chi connectivity index (χ1) is 11.2. The Hall–Kier alpha value is -1.30. The van der Waals surface area contributed by atoms with Crippen molar-refractivity contribution >= 4 is 18.3 Å². The molecule has 1 aliphatic carbocycles. The van der Waals surface area contributed by atoms with Crippen LogP contribution in [0.4, 0.5) is 0 Å². The molecule has 0 spiro atoms. The third-order valence-corrected chi connectivity index (χ3v) is 4.33. The number of nitrogens with one attached hydrogen (secondary N) is 2. The molecular formula is C18H29ClN2O3. The van der Waals surface area contributed by atoms with Gasteiger partial charge in [0.2, 0.25) is 5.91 Å². The van der Waals surface area contributed by atoms with E-state index in [1.165, 1.54) is 11.1 Å². The summed E-state index contributed by atoms with van der Waals surface area (Å²) in [6, 6.07) is 6.23. The van der Waals surface area contributed by atoms with Crippen LogP contribution in [0.25, 0.3) is 0 Å². The highest BCUT2D eigenvalue weighted by atomic mass is 35.5. The summed E-state index contributed by atoms with van der Waals surface area (Å²) in [6.07, 6.45) is 3.86. The van der Waals surface area contributed by atoms with Gasteiger partial charge in [-0.05, 0) is 48.4 Å². The maximum absolute atomic E-state index is 12.1. The SMILES string of the molecule is COCCNCCNC(=O)CC1CCCc2cc(OC)ccc21.Cl. The van der Waals surface area contributed by atoms with E-state index in [9.17, 15) is 4.79 Å². The number of rotatable bonds is 9. The van der Waals surface area contributed by atoms with Crippen LogP contribution in [-0.4, -0.2) is 46.4 Å². The highest BCUT2D eigenvalue weighted by Crippen LogP contribution is 2.35. The summed E-state index contributed by atoms with van der Waals surface area (Å²) < 4.78 is 10.3. The van der Waals surface area contributed by atoms with E-state index in [4.69, 9.17) is 9.47 Å². The first kappa shape index (κ1) is 20.7. The molecule has 6 heteroatoms. The van der Waals surface area contributed by atoms with Gasteiger partial charge in [-0.3, -0.25) is 4.79 Å². The Bertz CT molecular complexity index is 511. The van der Waals surface area contributed by atoms with Crippen LogP contribution < -0.4 is 15.4 Å². The van der Waals surface area contributed by atoms with Gasteiger partial charge in [-0.2, -0.15) is 0 Å². The first-order valence-corrected chi connectivity index (χ1v) is 8.37. The molecule has 0 aliphatic heterocycles. The average Bonchev–Trinajstić information content (AvgIpc) is 2.57. The van der Waals surface area contributed by atoms with Gasteiger partial charge < -0.3 is 20.1 Å².